The Bertz CT molecular complexity index is 649. The highest BCUT2D eigenvalue weighted by Crippen LogP contribution is 2.25. The summed E-state index contributed by atoms with van der Waals surface area (Å²) in [6, 6.07) is 13.2. The highest BCUT2D eigenvalue weighted by atomic mass is 16.5. The van der Waals surface area contributed by atoms with Crippen LogP contribution in [-0.4, -0.2) is 26.8 Å². The Kier molecular flexibility index (Phi) is 5.86. The molecule has 2 N–H and O–H groups in total. The van der Waals surface area contributed by atoms with Gasteiger partial charge in [-0.3, -0.25) is 0 Å². The van der Waals surface area contributed by atoms with Gasteiger partial charge in [0.15, 0.2) is 0 Å². The van der Waals surface area contributed by atoms with Gasteiger partial charge in [-0.25, -0.2) is 4.79 Å². The van der Waals surface area contributed by atoms with Crippen molar-refractivity contribution in [1.29, 1.82) is 0 Å². The molecule has 0 bridgehead atoms. The van der Waals surface area contributed by atoms with Crippen molar-refractivity contribution in [3.8, 4) is 11.5 Å². The molecule has 0 unspecified atom stereocenters. The second-order valence-electron chi connectivity index (χ2n) is 5.22. The number of anilines is 1. The van der Waals surface area contributed by atoms with Crippen molar-refractivity contribution in [3.05, 3.63) is 53.6 Å². The SMILES string of the molecule is COc1cc(NC(=O)NCCc2cccc(C)c2)cc(OC)c1. The van der Waals surface area contributed by atoms with E-state index in [1.807, 2.05) is 6.07 Å². The van der Waals surface area contributed by atoms with Gasteiger partial charge in [0, 0.05) is 30.4 Å². The molecule has 0 radical (unpaired) electrons. The summed E-state index contributed by atoms with van der Waals surface area (Å²) in [4.78, 5) is 12.0. The zero-order chi connectivity index (χ0) is 16.7. The monoisotopic (exact) mass is 314 g/mol. The predicted octanol–water partition coefficient (Wildman–Crippen LogP) is 3.38. The number of carbonyl (C=O) groups excluding carboxylic acids is 1. The van der Waals surface area contributed by atoms with Crippen LogP contribution in [0.2, 0.25) is 0 Å². The van der Waals surface area contributed by atoms with Gasteiger partial charge in [0.2, 0.25) is 0 Å². The molecule has 0 fully saturated rings. The van der Waals surface area contributed by atoms with Crippen LogP contribution in [0.3, 0.4) is 0 Å². The minimum atomic E-state index is -0.257. The van der Waals surface area contributed by atoms with E-state index in [2.05, 4.69) is 35.8 Å². The minimum absolute atomic E-state index is 0.257. The molecule has 23 heavy (non-hydrogen) atoms. The Hall–Kier alpha value is -2.69. The number of hydrogen-bond acceptors (Lipinski definition) is 3. The number of hydrogen-bond donors (Lipinski definition) is 2. The Balaban J connectivity index is 1.87. The molecule has 0 spiro atoms. The number of rotatable bonds is 6. The molecular formula is C18H22N2O3. The third-order valence-electron chi connectivity index (χ3n) is 3.39. The molecule has 5 nitrogen and oxygen atoms in total. The fourth-order valence-electron chi connectivity index (χ4n) is 2.24. The number of aryl methyl sites for hydroxylation is 1. The van der Waals surface area contributed by atoms with Crippen LogP contribution >= 0.6 is 0 Å². The first-order valence-corrected chi connectivity index (χ1v) is 7.44. The lowest BCUT2D eigenvalue weighted by Crippen LogP contribution is -2.30. The van der Waals surface area contributed by atoms with Gasteiger partial charge in [-0.15, -0.1) is 0 Å². The first kappa shape index (κ1) is 16.7. The summed E-state index contributed by atoms with van der Waals surface area (Å²) >= 11 is 0. The summed E-state index contributed by atoms with van der Waals surface area (Å²) < 4.78 is 10.4. The molecule has 0 aliphatic heterocycles. The summed E-state index contributed by atoms with van der Waals surface area (Å²) in [5.41, 5.74) is 3.04. The Morgan fingerprint density at radius 2 is 1.74 bits per heavy atom. The van der Waals surface area contributed by atoms with Crippen LogP contribution in [0.15, 0.2) is 42.5 Å². The molecule has 5 heteroatoms. The molecule has 2 aromatic rings. The standard InChI is InChI=1S/C18H22N2O3/c1-13-5-4-6-14(9-13)7-8-19-18(21)20-15-10-16(22-2)12-17(11-15)23-3/h4-6,9-12H,7-8H2,1-3H3,(H2,19,20,21). The Labute approximate surface area is 136 Å². The van der Waals surface area contributed by atoms with Gasteiger partial charge >= 0.3 is 6.03 Å². The van der Waals surface area contributed by atoms with Gasteiger partial charge in [-0.2, -0.15) is 0 Å². The third kappa shape index (κ3) is 5.21. The van der Waals surface area contributed by atoms with Gasteiger partial charge in [-0.05, 0) is 18.9 Å². The molecular weight excluding hydrogens is 292 g/mol. The number of benzene rings is 2. The van der Waals surface area contributed by atoms with Crippen LogP contribution in [0.5, 0.6) is 11.5 Å². The van der Waals surface area contributed by atoms with Gasteiger partial charge in [-0.1, -0.05) is 29.8 Å². The number of urea groups is 1. The van der Waals surface area contributed by atoms with Crippen molar-refractivity contribution in [1.82, 2.24) is 5.32 Å². The molecule has 2 rings (SSSR count). The van der Waals surface area contributed by atoms with Crippen molar-refractivity contribution in [3.63, 3.8) is 0 Å². The third-order valence-corrected chi connectivity index (χ3v) is 3.39. The first-order valence-electron chi connectivity index (χ1n) is 7.44. The quantitative estimate of drug-likeness (QED) is 0.859. The molecule has 2 amide bonds. The molecule has 0 saturated heterocycles. The second-order valence-corrected chi connectivity index (χ2v) is 5.22. The zero-order valence-electron chi connectivity index (χ0n) is 13.7. The second kappa shape index (κ2) is 8.08. The van der Waals surface area contributed by atoms with E-state index in [4.69, 9.17) is 9.47 Å². The van der Waals surface area contributed by atoms with Crippen molar-refractivity contribution < 1.29 is 14.3 Å². The molecule has 0 aliphatic rings. The maximum atomic E-state index is 12.0. The van der Waals surface area contributed by atoms with Crippen LogP contribution in [0.4, 0.5) is 10.5 Å². The zero-order valence-corrected chi connectivity index (χ0v) is 13.7. The Morgan fingerprint density at radius 3 is 2.35 bits per heavy atom. The van der Waals surface area contributed by atoms with Crippen LogP contribution in [-0.2, 0) is 6.42 Å². The minimum Gasteiger partial charge on any atom is -0.497 e. The number of carbonyl (C=O) groups is 1. The lowest BCUT2D eigenvalue weighted by molar-refractivity contribution is 0.252. The van der Waals surface area contributed by atoms with Crippen molar-refractivity contribution in [2.45, 2.75) is 13.3 Å². The summed E-state index contributed by atoms with van der Waals surface area (Å²) in [6.45, 7) is 2.62. The van der Waals surface area contributed by atoms with E-state index in [9.17, 15) is 4.79 Å². The highest BCUT2D eigenvalue weighted by Gasteiger charge is 2.05. The predicted molar refractivity (Wildman–Crippen MR) is 91.5 cm³/mol. The number of amides is 2. The lowest BCUT2D eigenvalue weighted by Gasteiger charge is -2.11. The van der Waals surface area contributed by atoms with Crippen LogP contribution in [0, 0.1) is 6.92 Å². The molecule has 0 aliphatic carbocycles. The van der Waals surface area contributed by atoms with Gasteiger partial charge < -0.3 is 20.1 Å². The van der Waals surface area contributed by atoms with Gasteiger partial charge in [0.1, 0.15) is 11.5 Å². The summed E-state index contributed by atoms with van der Waals surface area (Å²) in [6.07, 6.45) is 0.788. The topological polar surface area (TPSA) is 59.6 Å². The fraction of sp³-hybridized carbons (Fsp3) is 0.278. The van der Waals surface area contributed by atoms with Crippen molar-refractivity contribution in [2.24, 2.45) is 0 Å². The molecule has 0 heterocycles. The maximum Gasteiger partial charge on any atom is 0.319 e. The summed E-state index contributed by atoms with van der Waals surface area (Å²) in [5.74, 6) is 1.25. The Morgan fingerprint density at radius 1 is 1.04 bits per heavy atom. The largest absolute Gasteiger partial charge is 0.497 e. The molecule has 2 aromatic carbocycles. The van der Waals surface area contributed by atoms with Crippen molar-refractivity contribution >= 4 is 11.7 Å². The molecule has 0 aromatic heterocycles. The van der Waals surface area contributed by atoms with Crippen molar-refractivity contribution in [2.75, 3.05) is 26.1 Å². The smallest absolute Gasteiger partial charge is 0.319 e. The van der Waals surface area contributed by atoms with Crippen LogP contribution < -0.4 is 20.1 Å². The van der Waals surface area contributed by atoms with Crippen LogP contribution in [0.1, 0.15) is 11.1 Å². The summed E-state index contributed by atoms with van der Waals surface area (Å²) in [7, 11) is 3.14. The van der Waals surface area contributed by atoms with E-state index < -0.39 is 0 Å². The highest BCUT2D eigenvalue weighted by molar-refractivity contribution is 5.89. The average Bonchev–Trinajstić information content (AvgIpc) is 2.54. The van der Waals surface area contributed by atoms with Crippen LogP contribution in [0.25, 0.3) is 0 Å². The maximum absolute atomic E-state index is 12.0. The number of methoxy groups -OCH3 is 2. The molecule has 0 atom stereocenters. The number of ether oxygens (including phenoxy) is 2. The normalized spacial score (nSPS) is 10.0. The molecule has 0 saturated carbocycles. The van der Waals surface area contributed by atoms with E-state index in [0.717, 1.165) is 6.42 Å². The van der Waals surface area contributed by atoms with Gasteiger partial charge in [0.05, 0.1) is 14.2 Å². The first-order chi connectivity index (χ1) is 11.1. The molecule has 122 valence electrons. The van der Waals surface area contributed by atoms with E-state index in [1.165, 1.54) is 11.1 Å². The average molecular weight is 314 g/mol. The number of nitrogens with one attached hydrogen (secondary N) is 2. The van der Waals surface area contributed by atoms with E-state index in [0.29, 0.717) is 23.7 Å². The van der Waals surface area contributed by atoms with E-state index in [1.54, 1.807) is 32.4 Å². The fourth-order valence-corrected chi connectivity index (χ4v) is 2.24. The summed E-state index contributed by atoms with van der Waals surface area (Å²) in [5, 5.41) is 5.62. The van der Waals surface area contributed by atoms with E-state index >= 15 is 0 Å². The lowest BCUT2D eigenvalue weighted by atomic mass is 10.1. The van der Waals surface area contributed by atoms with Gasteiger partial charge in [0.25, 0.3) is 0 Å². The van der Waals surface area contributed by atoms with E-state index in [-0.39, 0.29) is 6.03 Å².